The number of piperazine rings is 1. The fourth-order valence-corrected chi connectivity index (χ4v) is 2.42. The van der Waals surface area contributed by atoms with Gasteiger partial charge < -0.3 is 14.8 Å². The summed E-state index contributed by atoms with van der Waals surface area (Å²) in [6, 6.07) is 0.265. The Labute approximate surface area is 119 Å². The number of nitrogens with zero attached hydrogens (tertiary/aromatic N) is 5. The molecule has 1 aromatic heterocycles. The van der Waals surface area contributed by atoms with Crippen LogP contribution in [0, 0.1) is 6.92 Å². The molecule has 7 heteroatoms. The number of nitrogens with one attached hydrogen (secondary N) is 1. The largest absolute Gasteiger partial charge is 0.336 e. The van der Waals surface area contributed by atoms with Gasteiger partial charge in [0, 0.05) is 32.7 Å². The quantitative estimate of drug-likeness (QED) is 0.796. The molecule has 7 nitrogen and oxygen atoms in total. The third-order valence-electron chi connectivity index (χ3n) is 3.82. The van der Waals surface area contributed by atoms with Crippen LogP contribution in [0.1, 0.15) is 18.6 Å². The minimum atomic E-state index is 0.181. The smallest absolute Gasteiger partial charge is 0.237 e. The number of carbonyl (C=O) groups is 1. The molecule has 0 radical (unpaired) electrons. The van der Waals surface area contributed by atoms with Crippen LogP contribution in [0.5, 0.6) is 0 Å². The molecule has 1 aromatic rings. The summed E-state index contributed by atoms with van der Waals surface area (Å²) in [5.74, 6) is 1.95. The number of rotatable bonds is 4. The highest BCUT2D eigenvalue weighted by Crippen LogP contribution is 2.06. The maximum Gasteiger partial charge on any atom is 0.237 e. The van der Waals surface area contributed by atoms with Gasteiger partial charge in [-0.2, -0.15) is 0 Å². The predicted molar refractivity (Wildman–Crippen MR) is 76.1 cm³/mol. The van der Waals surface area contributed by atoms with Gasteiger partial charge in [-0.05, 0) is 20.9 Å². The molecule has 20 heavy (non-hydrogen) atoms. The lowest BCUT2D eigenvalue weighted by Gasteiger charge is -2.35. The van der Waals surface area contributed by atoms with E-state index in [2.05, 4.69) is 22.4 Å². The van der Waals surface area contributed by atoms with Gasteiger partial charge in [-0.3, -0.25) is 9.69 Å². The zero-order valence-corrected chi connectivity index (χ0v) is 12.8. The first kappa shape index (κ1) is 14.9. The highest BCUT2D eigenvalue weighted by atomic mass is 16.2. The molecule has 0 bridgehead atoms. The van der Waals surface area contributed by atoms with Crippen molar-refractivity contribution in [2.24, 2.45) is 7.05 Å². The van der Waals surface area contributed by atoms with E-state index in [1.807, 2.05) is 35.4 Å². The molecule has 0 saturated carbocycles. The number of likely N-dealkylation sites (N-methyl/N-ethyl adjacent to an activating group) is 1. The van der Waals surface area contributed by atoms with E-state index in [1.54, 1.807) is 0 Å². The van der Waals surface area contributed by atoms with Crippen LogP contribution in [0.25, 0.3) is 0 Å². The predicted octanol–water partition coefficient (Wildman–Crippen LogP) is -0.624. The van der Waals surface area contributed by atoms with Crippen LogP contribution in [0.2, 0.25) is 0 Å². The van der Waals surface area contributed by atoms with E-state index in [4.69, 9.17) is 0 Å². The lowest BCUT2D eigenvalue weighted by Crippen LogP contribution is -2.54. The van der Waals surface area contributed by atoms with Gasteiger partial charge >= 0.3 is 0 Å². The summed E-state index contributed by atoms with van der Waals surface area (Å²) in [5.41, 5.74) is 0. The van der Waals surface area contributed by atoms with Crippen molar-refractivity contribution in [2.75, 3.05) is 33.2 Å². The van der Waals surface area contributed by atoms with Gasteiger partial charge in [-0.1, -0.05) is 0 Å². The molecule has 1 aliphatic heterocycles. The number of hydrogen-bond donors (Lipinski definition) is 1. The van der Waals surface area contributed by atoms with Crippen LogP contribution in [-0.4, -0.2) is 69.7 Å². The Morgan fingerprint density at radius 2 is 2.25 bits per heavy atom. The molecule has 0 unspecified atom stereocenters. The molecular formula is C13H24N6O. The SMILES string of the molecule is Cc1nnc(CN(C)CC(=O)N2CCNC[C@H]2C)n1C. The zero-order valence-electron chi connectivity index (χ0n) is 12.8. The Balaban J connectivity index is 1.89. The standard InChI is InChI=1S/C13H24N6O/c1-10-7-14-5-6-19(10)13(20)9-17(3)8-12-16-15-11(2)18(12)4/h10,14H,5-9H2,1-4H3/t10-/m1/s1. The Morgan fingerprint density at radius 1 is 1.50 bits per heavy atom. The van der Waals surface area contributed by atoms with E-state index in [1.165, 1.54) is 0 Å². The molecule has 1 fully saturated rings. The van der Waals surface area contributed by atoms with E-state index >= 15 is 0 Å². The highest BCUT2D eigenvalue weighted by molar-refractivity contribution is 5.78. The Morgan fingerprint density at radius 3 is 2.85 bits per heavy atom. The molecule has 2 heterocycles. The molecule has 1 amide bonds. The molecule has 1 atom stereocenters. The highest BCUT2D eigenvalue weighted by Gasteiger charge is 2.23. The average molecular weight is 280 g/mol. The summed E-state index contributed by atoms with van der Waals surface area (Å²) in [7, 11) is 3.88. The van der Waals surface area contributed by atoms with Gasteiger partial charge in [0.25, 0.3) is 0 Å². The maximum atomic E-state index is 12.3. The second kappa shape index (κ2) is 6.32. The third kappa shape index (κ3) is 3.34. The zero-order chi connectivity index (χ0) is 14.7. The van der Waals surface area contributed by atoms with Crippen molar-refractivity contribution in [1.29, 1.82) is 0 Å². The van der Waals surface area contributed by atoms with Crippen LogP contribution >= 0.6 is 0 Å². The van der Waals surface area contributed by atoms with Crippen molar-refractivity contribution < 1.29 is 4.79 Å². The molecule has 1 aliphatic rings. The van der Waals surface area contributed by atoms with Crippen molar-refractivity contribution in [3.63, 3.8) is 0 Å². The van der Waals surface area contributed by atoms with Crippen molar-refractivity contribution in [2.45, 2.75) is 26.4 Å². The Hall–Kier alpha value is -1.47. The van der Waals surface area contributed by atoms with E-state index in [9.17, 15) is 4.79 Å². The topological polar surface area (TPSA) is 66.3 Å². The monoisotopic (exact) mass is 280 g/mol. The first-order chi connectivity index (χ1) is 9.49. The molecular weight excluding hydrogens is 256 g/mol. The molecule has 0 spiro atoms. The summed E-state index contributed by atoms with van der Waals surface area (Å²) >= 11 is 0. The van der Waals surface area contributed by atoms with Gasteiger partial charge in [0.1, 0.15) is 11.6 Å². The molecule has 1 N–H and O–H groups in total. The van der Waals surface area contributed by atoms with Gasteiger partial charge in [-0.15, -0.1) is 10.2 Å². The normalized spacial score (nSPS) is 19.6. The van der Waals surface area contributed by atoms with Gasteiger partial charge in [-0.25, -0.2) is 0 Å². The molecule has 112 valence electrons. The Bertz CT molecular complexity index is 471. The van der Waals surface area contributed by atoms with E-state index in [0.717, 1.165) is 31.3 Å². The van der Waals surface area contributed by atoms with E-state index in [0.29, 0.717) is 13.1 Å². The van der Waals surface area contributed by atoms with E-state index < -0.39 is 0 Å². The van der Waals surface area contributed by atoms with Crippen molar-refractivity contribution in [3.8, 4) is 0 Å². The number of hydrogen-bond acceptors (Lipinski definition) is 5. The average Bonchev–Trinajstić information content (AvgIpc) is 2.71. The molecule has 1 saturated heterocycles. The molecule has 2 rings (SSSR count). The summed E-state index contributed by atoms with van der Waals surface area (Å²) < 4.78 is 1.95. The number of carbonyl (C=O) groups excluding carboxylic acids is 1. The fourth-order valence-electron chi connectivity index (χ4n) is 2.42. The van der Waals surface area contributed by atoms with Crippen LogP contribution in [0.15, 0.2) is 0 Å². The number of amides is 1. The lowest BCUT2D eigenvalue weighted by atomic mass is 10.2. The summed E-state index contributed by atoms with van der Waals surface area (Å²) in [5, 5.41) is 11.5. The first-order valence-corrected chi connectivity index (χ1v) is 7.02. The van der Waals surface area contributed by atoms with Crippen LogP contribution in [-0.2, 0) is 18.4 Å². The van der Waals surface area contributed by atoms with E-state index in [-0.39, 0.29) is 11.9 Å². The number of aryl methyl sites for hydroxylation is 1. The van der Waals surface area contributed by atoms with Crippen molar-refractivity contribution >= 4 is 5.91 Å². The third-order valence-corrected chi connectivity index (χ3v) is 3.82. The first-order valence-electron chi connectivity index (χ1n) is 7.02. The fraction of sp³-hybridized carbons (Fsp3) is 0.769. The number of aromatic nitrogens is 3. The van der Waals surface area contributed by atoms with Crippen molar-refractivity contribution in [1.82, 2.24) is 29.9 Å². The van der Waals surface area contributed by atoms with Crippen LogP contribution in [0.4, 0.5) is 0 Å². The summed E-state index contributed by atoms with van der Waals surface area (Å²) in [6.07, 6.45) is 0. The lowest BCUT2D eigenvalue weighted by molar-refractivity contribution is -0.135. The Kier molecular flexibility index (Phi) is 4.72. The van der Waals surface area contributed by atoms with Gasteiger partial charge in [0.2, 0.25) is 5.91 Å². The van der Waals surface area contributed by atoms with Crippen molar-refractivity contribution in [3.05, 3.63) is 11.6 Å². The minimum Gasteiger partial charge on any atom is -0.336 e. The van der Waals surface area contributed by atoms with Gasteiger partial charge in [0.05, 0.1) is 13.1 Å². The van der Waals surface area contributed by atoms with Crippen LogP contribution in [0.3, 0.4) is 0 Å². The minimum absolute atomic E-state index is 0.181. The van der Waals surface area contributed by atoms with Crippen LogP contribution < -0.4 is 5.32 Å². The van der Waals surface area contributed by atoms with Gasteiger partial charge in [0.15, 0.2) is 0 Å². The molecule has 0 aromatic carbocycles. The second-order valence-corrected chi connectivity index (χ2v) is 5.54. The summed E-state index contributed by atoms with van der Waals surface area (Å²) in [4.78, 5) is 16.3. The second-order valence-electron chi connectivity index (χ2n) is 5.54. The molecule has 0 aliphatic carbocycles. The summed E-state index contributed by atoms with van der Waals surface area (Å²) in [6.45, 7) is 7.58. The maximum absolute atomic E-state index is 12.3.